The maximum absolute atomic E-state index is 5.45. The number of hydrogen-bond acceptors (Lipinski definition) is 6. The molecule has 4 aromatic heterocycles. The van der Waals surface area contributed by atoms with Crippen molar-refractivity contribution in [3.8, 4) is 146 Å². The first-order valence-electron chi connectivity index (χ1n) is 38.3. The average Bonchev–Trinajstić information content (AvgIpc) is 1.56. The van der Waals surface area contributed by atoms with E-state index in [1.807, 2.05) is 72.8 Å². The van der Waals surface area contributed by atoms with E-state index >= 15 is 0 Å². The molecule has 0 bridgehead atoms. The van der Waals surface area contributed by atoms with Crippen molar-refractivity contribution in [2.75, 3.05) is 0 Å². The molecule has 0 saturated heterocycles. The Hall–Kier alpha value is -14.1. The quantitative estimate of drug-likeness (QED) is 0.108. The molecule has 19 aromatic rings. The van der Waals surface area contributed by atoms with Crippen LogP contribution >= 0.6 is 0 Å². The van der Waals surface area contributed by atoms with E-state index in [1.165, 1.54) is 66.8 Å². The summed E-state index contributed by atoms with van der Waals surface area (Å²) in [5.74, 6) is 3.45. The molecular weight excluding hydrogens is 1360 g/mol. The van der Waals surface area contributed by atoms with E-state index < -0.39 is 0 Å². The molecule has 0 aliphatic carbocycles. The van der Waals surface area contributed by atoms with Crippen LogP contribution in [0.1, 0.15) is 44.5 Å². The van der Waals surface area contributed by atoms with Gasteiger partial charge in [-0.15, -0.1) is 0 Å². The number of aryl methyl sites for hydroxylation is 8. The summed E-state index contributed by atoms with van der Waals surface area (Å²) in [7, 11) is 0. The number of fused-ring (bicyclic) bond motifs is 6. The number of aromatic nitrogens is 8. The Kier molecular flexibility index (Phi) is 17.2. The Bertz CT molecular complexity index is 6540. The standard InChI is InChI=1S/C104H78N8/c1-63-42-64(2)47-82(46-63)76-32-37-95-90(58-76)91-59-77(83-48-65(3)43-66(4)49-83)33-38-96(91)111(95)88-56-86(55-87(57-88)104-109-101(73-26-17-11-18-27-73)106-102(110-104)74-28-19-12-20-29-74)75-30-21-31-80(54-75)89-62-81(103-107-99(71-22-13-9-14-23-71)105-100(108-103)72-24-15-10-16-25-72)36-41-94(89)112-97-39-34-78(84-50-67(5)44-68(6)51-84)60-92(97)93-61-79(35-40-98(93)112)85-52-69(7)45-70(8)53-85/h9-62H,1-8H3. The Balaban J connectivity index is 0.870. The third-order valence-corrected chi connectivity index (χ3v) is 21.6. The van der Waals surface area contributed by atoms with Crippen molar-refractivity contribution in [3.63, 3.8) is 0 Å². The molecule has 534 valence electrons. The van der Waals surface area contributed by atoms with E-state index in [0.29, 0.717) is 34.9 Å². The smallest absolute Gasteiger partial charge is 0.164 e. The molecule has 112 heavy (non-hydrogen) atoms. The second-order valence-corrected chi connectivity index (χ2v) is 30.3. The number of hydrogen-bond donors (Lipinski definition) is 0. The van der Waals surface area contributed by atoms with Crippen molar-refractivity contribution in [2.45, 2.75) is 55.4 Å². The molecule has 0 fully saturated rings. The third-order valence-electron chi connectivity index (χ3n) is 21.6. The van der Waals surface area contributed by atoms with Crippen LogP contribution in [-0.2, 0) is 0 Å². The Labute approximate surface area is 652 Å². The lowest BCUT2D eigenvalue weighted by atomic mass is 9.95. The molecule has 0 radical (unpaired) electrons. The molecule has 0 spiro atoms. The Morgan fingerprint density at radius 3 is 0.777 bits per heavy atom. The van der Waals surface area contributed by atoms with Crippen molar-refractivity contribution < 1.29 is 0 Å². The zero-order chi connectivity index (χ0) is 75.8. The average molecular weight is 1440 g/mol. The number of benzene rings is 15. The number of nitrogens with zero attached hydrogens (tertiary/aromatic N) is 8. The van der Waals surface area contributed by atoms with E-state index in [-0.39, 0.29) is 0 Å². The molecular formula is C104H78N8. The normalized spacial score (nSPS) is 11.6. The van der Waals surface area contributed by atoms with Crippen LogP contribution in [0.5, 0.6) is 0 Å². The highest BCUT2D eigenvalue weighted by Crippen LogP contribution is 2.45. The van der Waals surface area contributed by atoms with Crippen LogP contribution in [0.3, 0.4) is 0 Å². The molecule has 8 heteroatoms. The fraction of sp³-hybridized carbons (Fsp3) is 0.0769. The molecule has 0 amide bonds. The number of rotatable bonds is 14. The maximum Gasteiger partial charge on any atom is 0.164 e. The molecule has 15 aromatic carbocycles. The van der Waals surface area contributed by atoms with Gasteiger partial charge in [0.15, 0.2) is 34.9 Å². The first kappa shape index (κ1) is 68.5. The van der Waals surface area contributed by atoms with Crippen LogP contribution in [0.2, 0.25) is 0 Å². The van der Waals surface area contributed by atoms with Crippen LogP contribution in [0, 0.1) is 55.4 Å². The van der Waals surface area contributed by atoms with Gasteiger partial charge in [-0.1, -0.05) is 281 Å². The zero-order valence-electron chi connectivity index (χ0n) is 63.8. The lowest BCUT2D eigenvalue weighted by Crippen LogP contribution is -2.02. The first-order valence-corrected chi connectivity index (χ1v) is 38.3. The maximum atomic E-state index is 5.45. The van der Waals surface area contributed by atoms with E-state index in [4.69, 9.17) is 29.9 Å². The van der Waals surface area contributed by atoms with Gasteiger partial charge in [0.1, 0.15) is 0 Å². The highest BCUT2D eigenvalue weighted by Gasteiger charge is 2.24. The van der Waals surface area contributed by atoms with Gasteiger partial charge in [0, 0.05) is 66.2 Å². The molecule has 0 saturated carbocycles. The summed E-state index contributed by atoms with van der Waals surface area (Å²) in [6.07, 6.45) is 0. The van der Waals surface area contributed by atoms with E-state index in [2.05, 4.69) is 319 Å². The predicted octanol–water partition coefficient (Wildman–Crippen LogP) is 26.7. The first-order chi connectivity index (χ1) is 54.7. The van der Waals surface area contributed by atoms with Crippen LogP contribution in [0.4, 0.5) is 0 Å². The Morgan fingerprint density at radius 1 is 0.170 bits per heavy atom. The topological polar surface area (TPSA) is 87.2 Å². The van der Waals surface area contributed by atoms with Gasteiger partial charge in [-0.25, -0.2) is 29.9 Å². The van der Waals surface area contributed by atoms with Gasteiger partial charge in [-0.2, -0.15) is 0 Å². The van der Waals surface area contributed by atoms with E-state index in [1.54, 1.807) is 0 Å². The SMILES string of the molecule is Cc1cc(C)cc(-c2ccc3c(c2)c2cc(-c4cc(C)cc(C)c4)ccc2n3-c2cc(-c3cccc(-c4cc(-c5nc(-c6ccccc6)nc(-c6ccccc6)n5)ccc4-n4c5ccc(-c6cc(C)cc(C)c6)cc5c5cc(-c6cc(C)cc(C)c6)ccc54)c3)cc(-c3nc(-c4ccccc4)nc(-c4ccccc4)n3)c2)c1. The van der Waals surface area contributed by atoms with E-state index in [0.717, 1.165) is 133 Å². The van der Waals surface area contributed by atoms with E-state index in [9.17, 15) is 0 Å². The summed E-state index contributed by atoms with van der Waals surface area (Å²) < 4.78 is 4.91. The van der Waals surface area contributed by atoms with Gasteiger partial charge in [0.05, 0.1) is 27.8 Å². The molecule has 4 heterocycles. The molecule has 0 aliphatic rings. The van der Waals surface area contributed by atoms with Crippen LogP contribution in [-0.4, -0.2) is 39.0 Å². The second-order valence-electron chi connectivity index (χ2n) is 30.3. The lowest BCUT2D eigenvalue weighted by molar-refractivity contribution is 1.07. The van der Waals surface area contributed by atoms with Crippen molar-refractivity contribution in [1.82, 2.24) is 39.0 Å². The summed E-state index contributed by atoms with van der Waals surface area (Å²) in [4.78, 5) is 32.0. The monoisotopic (exact) mass is 1440 g/mol. The van der Waals surface area contributed by atoms with Gasteiger partial charge >= 0.3 is 0 Å². The third kappa shape index (κ3) is 13.1. The van der Waals surface area contributed by atoms with Gasteiger partial charge in [0.25, 0.3) is 0 Å². The fourth-order valence-corrected chi connectivity index (χ4v) is 16.7. The van der Waals surface area contributed by atoms with Crippen LogP contribution < -0.4 is 0 Å². The highest BCUT2D eigenvalue weighted by atomic mass is 15.1. The van der Waals surface area contributed by atoms with Gasteiger partial charge in [-0.05, 0) is 208 Å². The summed E-state index contributed by atoms with van der Waals surface area (Å²) in [5.41, 5.74) is 34.6. The predicted molar refractivity (Wildman–Crippen MR) is 465 cm³/mol. The summed E-state index contributed by atoms with van der Waals surface area (Å²) in [6.45, 7) is 17.5. The van der Waals surface area contributed by atoms with Crippen LogP contribution in [0.25, 0.3) is 190 Å². The van der Waals surface area contributed by atoms with Crippen LogP contribution in [0.15, 0.2) is 328 Å². The summed E-state index contributed by atoms with van der Waals surface area (Å²) >= 11 is 0. The van der Waals surface area contributed by atoms with Crippen molar-refractivity contribution >= 4 is 43.6 Å². The van der Waals surface area contributed by atoms with Gasteiger partial charge < -0.3 is 9.13 Å². The lowest BCUT2D eigenvalue weighted by Gasteiger charge is -2.18. The minimum Gasteiger partial charge on any atom is -0.309 e. The fourth-order valence-electron chi connectivity index (χ4n) is 16.7. The Morgan fingerprint density at radius 2 is 0.429 bits per heavy atom. The highest BCUT2D eigenvalue weighted by molar-refractivity contribution is 6.14. The summed E-state index contributed by atoms with van der Waals surface area (Å²) in [5, 5.41) is 4.60. The molecule has 0 unspecified atom stereocenters. The molecule has 8 nitrogen and oxygen atoms in total. The molecule has 0 N–H and O–H groups in total. The second kappa shape index (κ2) is 28.2. The largest absolute Gasteiger partial charge is 0.309 e. The molecule has 0 aliphatic heterocycles. The summed E-state index contributed by atoms with van der Waals surface area (Å²) in [6, 6.07) is 119. The van der Waals surface area contributed by atoms with Crippen molar-refractivity contribution in [2.24, 2.45) is 0 Å². The van der Waals surface area contributed by atoms with Gasteiger partial charge in [-0.3, -0.25) is 0 Å². The minimum absolute atomic E-state index is 0.548. The van der Waals surface area contributed by atoms with Crippen molar-refractivity contribution in [1.29, 1.82) is 0 Å². The molecule has 19 rings (SSSR count). The minimum atomic E-state index is 0.548. The van der Waals surface area contributed by atoms with Crippen molar-refractivity contribution in [3.05, 3.63) is 372 Å². The zero-order valence-corrected chi connectivity index (χ0v) is 63.8. The van der Waals surface area contributed by atoms with Gasteiger partial charge in [0.2, 0.25) is 0 Å². The molecule has 0 atom stereocenters.